The molecule has 15 heavy (non-hydrogen) atoms. The molecule has 1 atom stereocenters. The minimum Gasteiger partial charge on any atom is -0.478 e. The van der Waals surface area contributed by atoms with Crippen LogP contribution in [-0.4, -0.2) is 41.8 Å². The first-order chi connectivity index (χ1) is 6.80. The first kappa shape index (κ1) is 12.0. The van der Waals surface area contributed by atoms with Crippen molar-refractivity contribution in [2.75, 3.05) is 19.6 Å². The molecule has 3 nitrogen and oxygen atoms in total. The summed E-state index contributed by atoms with van der Waals surface area (Å²) in [5, 5.41) is 8.52. The first-order valence-electron chi connectivity index (χ1n) is 4.51. The molecule has 0 saturated carbocycles. The molecule has 0 radical (unpaired) electrons. The van der Waals surface area contributed by atoms with Crippen molar-refractivity contribution in [3.8, 4) is 0 Å². The van der Waals surface area contributed by atoms with E-state index in [9.17, 15) is 18.0 Å². The van der Waals surface area contributed by atoms with Crippen LogP contribution in [-0.2, 0) is 4.79 Å². The molecule has 0 aliphatic carbocycles. The number of carboxylic acids is 1. The summed E-state index contributed by atoms with van der Waals surface area (Å²) in [5.41, 5.74) is -0.0715. The predicted molar refractivity (Wildman–Crippen MR) is 47.4 cm³/mol. The third-order valence-electron chi connectivity index (χ3n) is 2.45. The maximum absolute atomic E-state index is 12.3. The summed E-state index contributed by atoms with van der Waals surface area (Å²) in [4.78, 5) is 11.9. The Morgan fingerprint density at radius 2 is 2.13 bits per heavy atom. The lowest BCUT2D eigenvalue weighted by molar-refractivity contribution is -0.170. The Hall–Kier alpha value is -1.04. The molecule has 1 aliphatic heterocycles. The highest BCUT2D eigenvalue weighted by Crippen LogP contribution is 2.33. The van der Waals surface area contributed by atoms with E-state index in [-0.39, 0.29) is 31.6 Å². The van der Waals surface area contributed by atoms with Crippen LogP contribution in [0.2, 0.25) is 0 Å². The van der Waals surface area contributed by atoms with Crippen LogP contribution in [0.4, 0.5) is 13.2 Å². The number of nitrogens with zero attached hydrogens (tertiary/aromatic N) is 1. The molecule has 0 aromatic rings. The van der Waals surface area contributed by atoms with Gasteiger partial charge in [-0.05, 0) is 13.0 Å². The van der Waals surface area contributed by atoms with Crippen molar-refractivity contribution >= 4 is 5.97 Å². The Morgan fingerprint density at radius 1 is 1.53 bits per heavy atom. The van der Waals surface area contributed by atoms with Gasteiger partial charge in [-0.25, -0.2) is 4.79 Å². The lowest BCUT2D eigenvalue weighted by Gasteiger charge is -2.17. The van der Waals surface area contributed by atoms with Crippen LogP contribution in [0.25, 0.3) is 0 Å². The zero-order valence-electron chi connectivity index (χ0n) is 8.05. The fraction of sp³-hybridized carbons (Fsp3) is 0.667. The molecule has 1 heterocycles. The minimum atomic E-state index is -4.18. The quantitative estimate of drug-likeness (QED) is 0.737. The molecule has 1 fully saturated rings. The van der Waals surface area contributed by atoms with Crippen LogP contribution < -0.4 is 0 Å². The van der Waals surface area contributed by atoms with Crippen molar-refractivity contribution in [3.05, 3.63) is 12.2 Å². The van der Waals surface area contributed by atoms with E-state index in [4.69, 9.17) is 5.11 Å². The number of hydrogen-bond acceptors (Lipinski definition) is 2. The second-order valence-corrected chi connectivity index (χ2v) is 3.67. The van der Waals surface area contributed by atoms with Gasteiger partial charge in [0.2, 0.25) is 0 Å². The Labute approximate surface area is 85.2 Å². The molecule has 1 N–H and O–H groups in total. The molecule has 1 aliphatic rings. The highest BCUT2D eigenvalue weighted by atomic mass is 19.4. The molecule has 0 aromatic carbocycles. The van der Waals surface area contributed by atoms with Crippen LogP contribution in [0.1, 0.15) is 6.42 Å². The average molecular weight is 223 g/mol. The Kier molecular flexibility index (Phi) is 3.38. The van der Waals surface area contributed by atoms with E-state index < -0.39 is 18.1 Å². The largest absolute Gasteiger partial charge is 0.478 e. The van der Waals surface area contributed by atoms with E-state index in [1.807, 2.05) is 0 Å². The smallest absolute Gasteiger partial charge is 0.393 e. The highest BCUT2D eigenvalue weighted by Gasteiger charge is 2.43. The Morgan fingerprint density at radius 3 is 2.53 bits per heavy atom. The van der Waals surface area contributed by atoms with Gasteiger partial charge in [0.15, 0.2) is 0 Å². The molecule has 0 aromatic heterocycles. The number of carbonyl (C=O) groups is 1. The Bertz CT molecular complexity index is 275. The summed E-state index contributed by atoms with van der Waals surface area (Å²) in [5.74, 6) is -2.50. The maximum Gasteiger partial charge on any atom is 0.393 e. The van der Waals surface area contributed by atoms with Gasteiger partial charge >= 0.3 is 12.1 Å². The van der Waals surface area contributed by atoms with Crippen molar-refractivity contribution in [1.82, 2.24) is 4.90 Å². The Balaban J connectivity index is 2.44. The summed E-state index contributed by atoms with van der Waals surface area (Å²) in [6.45, 7) is 3.43. The standard InChI is InChI=1S/C9H12F3NO2/c1-6(8(14)15)4-13-3-2-7(5-13)9(10,11)12/h7H,1-5H2,(H,14,15). The van der Waals surface area contributed by atoms with Gasteiger partial charge in [0.25, 0.3) is 0 Å². The van der Waals surface area contributed by atoms with Crippen molar-refractivity contribution in [2.45, 2.75) is 12.6 Å². The number of carboxylic acid groups (broad SMARTS) is 1. The fourth-order valence-electron chi connectivity index (χ4n) is 1.58. The number of alkyl halides is 3. The van der Waals surface area contributed by atoms with E-state index >= 15 is 0 Å². The first-order valence-corrected chi connectivity index (χ1v) is 4.51. The van der Waals surface area contributed by atoms with Crippen molar-refractivity contribution in [3.63, 3.8) is 0 Å². The molecule has 0 spiro atoms. The van der Waals surface area contributed by atoms with Crippen LogP contribution in [0.15, 0.2) is 12.2 Å². The second kappa shape index (κ2) is 4.22. The minimum absolute atomic E-state index is 0.00190. The molecule has 1 rings (SSSR count). The topological polar surface area (TPSA) is 40.5 Å². The zero-order valence-corrected chi connectivity index (χ0v) is 8.05. The molecule has 0 amide bonds. The third kappa shape index (κ3) is 3.23. The molecule has 0 bridgehead atoms. The molecule has 1 saturated heterocycles. The number of likely N-dealkylation sites (tertiary alicyclic amines) is 1. The summed E-state index contributed by atoms with van der Waals surface area (Å²) in [7, 11) is 0. The van der Waals surface area contributed by atoms with E-state index in [0.29, 0.717) is 0 Å². The summed E-state index contributed by atoms with van der Waals surface area (Å²) >= 11 is 0. The van der Waals surface area contributed by atoms with Gasteiger partial charge in [-0.3, -0.25) is 4.90 Å². The lowest BCUT2D eigenvalue weighted by Crippen LogP contribution is -2.29. The van der Waals surface area contributed by atoms with Crippen molar-refractivity contribution < 1.29 is 23.1 Å². The maximum atomic E-state index is 12.3. The molecule has 86 valence electrons. The summed E-state index contributed by atoms with van der Waals surface area (Å²) in [6.07, 6.45) is -4.14. The van der Waals surface area contributed by atoms with E-state index in [1.54, 1.807) is 0 Å². The van der Waals surface area contributed by atoms with Gasteiger partial charge in [0.05, 0.1) is 5.92 Å². The van der Waals surface area contributed by atoms with Crippen LogP contribution in [0.5, 0.6) is 0 Å². The monoisotopic (exact) mass is 223 g/mol. The predicted octanol–water partition coefficient (Wildman–Crippen LogP) is 1.51. The number of rotatable bonds is 3. The van der Waals surface area contributed by atoms with E-state index in [0.717, 1.165) is 0 Å². The van der Waals surface area contributed by atoms with Crippen molar-refractivity contribution in [1.29, 1.82) is 0 Å². The number of aliphatic carboxylic acids is 1. The van der Waals surface area contributed by atoms with Gasteiger partial charge in [0, 0.05) is 18.7 Å². The molecular formula is C9H12F3NO2. The van der Waals surface area contributed by atoms with E-state index in [1.165, 1.54) is 4.90 Å². The van der Waals surface area contributed by atoms with Crippen LogP contribution >= 0.6 is 0 Å². The average Bonchev–Trinajstić information content (AvgIpc) is 2.51. The molecular weight excluding hydrogens is 211 g/mol. The third-order valence-corrected chi connectivity index (χ3v) is 2.45. The van der Waals surface area contributed by atoms with Gasteiger partial charge in [-0.1, -0.05) is 6.58 Å². The number of halogens is 3. The SMILES string of the molecule is C=C(CN1CCC(C(F)(F)F)C1)C(=O)O. The van der Waals surface area contributed by atoms with Crippen LogP contribution in [0, 0.1) is 5.92 Å². The fourth-order valence-corrected chi connectivity index (χ4v) is 1.58. The van der Waals surface area contributed by atoms with Gasteiger partial charge in [0.1, 0.15) is 0 Å². The lowest BCUT2D eigenvalue weighted by atomic mass is 10.1. The molecule has 6 heteroatoms. The highest BCUT2D eigenvalue weighted by molar-refractivity contribution is 5.86. The summed E-state index contributed by atoms with van der Waals surface area (Å²) in [6, 6.07) is 0. The second-order valence-electron chi connectivity index (χ2n) is 3.67. The van der Waals surface area contributed by atoms with Gasteiger partial charge < -0.3 is 5.11 Å². The normalized spacial score (nSPS) is 23.0. The van der Waals surface area contributed by atoms with E-state index in [2.05, 4.69) is 6.58 Å². The molecule has 1 unspecified atom stereocenters. The van der Waals surface area contributed by atoms with Gasteiger partial charge in [-0.2, -0.15) is 13.2 Å². The van der Waals surface area contributed by atoms with Crippen molar-refractivity contribution in [2.24, 2.45) is 5.92 Å². The number of hydrogen-bond donors (Lipinski definition) is 1. The zero-order chi connectivity index (χ0) is 11.6. The van der Waals surface area contributed by atoms with Gasteiger partial charge in [-0.15, -0.1) is 0 Å². The summed E-state index contributed by atoms with van der Waals surface area (Å²) < 4.78 is 36.8. The van der Waals surface area contributed by atoms with Crippen LogP contribution in [0.3, 0.4) is 0 Å².